The van der Waals surface area contributed by atoms with Crippen molar-refractivity contribution in [3.05, 3.63) is 60.4 Å². The number of aromatic nitrogens is 3. The van der Waals surface area contributed by atoms with Crippen molar-refractivity contribution in [3.63, 3.8) is 0 Å². The molecule has 1 amide bonds. The number of hydrogen-bond donors (Lipinski definition) is 3. The van der Waals surface area contributed by atoms with Gasteiger partial charge >= 0.3 is 8.25 Å². The second-order valence-electron chi connectivity index (χ2n) is 6.79. The zero-order valence-corrected chi connectivity index (χ0v) is 19.1. The number of carbonyl (C=O) groups excluding carboxylic acids is 1. The van der Waals surface area contributed by atoms with Gasteiger partial charge in [-0.3, -0.25) is 9.78 Å². The summed E-state index contributed by atoms with van der Waals surface area (Å²) in [4.78, 5) is 33.4. The Morgan fingerprint density at radius 3 is 2.34 bits per heavy atom. The minimum absolute atomic E-state index is 0.0790. The van der Waals surface area contributed by atoms with Gasteiger partial charge in [0.15, 0.2) is 5.82 Å². The molecule has 2 heterocycles. The van der Waals surface area contributed by atoms with Crippen LogP contribution in [-0.4, -0.2) is 30.9 Å². The SMILES string of the molecule is CC(C(=O)Nc1cnc(-c2ccccn2)nc1O)c1ccc(O[PH](=O)O)cc1.CCCC. The number of aromatic hydroxyl groups is 1. The molecule has 1 aromatic carbocycles. The van der Waals surface area contributed by atoms with Crippen LogP contribution >= 0.6 is 8.25 Å². The van der Waals surface area contributed by atoms with Gasteiger partial charge in [-0.15, -0.1) is 0 Å². The number of nitrogens with one attached hydrogen (secondary N) is 1. The molecule has 0 spiro atoms. The Bertz CT molecular complexity index is 1030. The van der Waals surface area contributed by atoms with Crippen molar-refractivity contribution in [1.82, 2.24) is 15.0 Å². The van der Waals surface area contributed by atoms with Crippen LogP contribution in [0.25, 0.3) is 11.5 Å². The maximum absolute atomic E-state index is 12.5. The molecule has 0 saturated carbocycles. The Balaban J connectivity index is 0.000000837. The number of amides is 1. The third-order valence-corrected chi connectivity index (χ3v) is 4.81. The average molecular weight is 458 g/mol. The second-order valence-corrected chi connectivity index (χ2v) is 7.53. The first-order valence-corrected chi connectivity index (χ1v) is 11.4. The number of nitrogens with zero attached hydrogens (tertiary/aromatic N) is 3. The fourth-order valence-electron chi connectivity index (χ4n) is 2.40. The average Bonchev–Trinajstić information content (AvgIpc) is 2.80. The van der Waals surface area contributed by atoms with Crippen molar-refractivity contribution in [2.75, 3.05) is 5.32 Å². The molecule has 10 heteroatoms. The third-order valence-electron chi connectivity index (χ3n) is 4.40. The van der Waals surface area contributed by atoms with Crippen LogP contribution in [0.3, 0.4) is 0 Å². The van der Waals surface area contributed by atoms with Gasteiger partial charge < -0.3 is 19.8 Å². The molecule has 0 saturated heterocycles. The van der Waals surface area contributed by atoms with Crippen molar-refractivity contribution in [2.45, 2.75) is 39.5 Å². The van der Waals surface area contributed by atoms with E-state index in [1.807, 2.05) is 0 Å². The summed E-state index contributed by atoms with van der Waals surface area (Å²) >= 11 is 0. The van der Waals surface area contributed by atoms with E-state index in [0.717, 1.165) is 0 Å². The number of anilines is 1. The molecule has 170 valence electrons. The van der Waals surface area contributed by atoms with E-state index in [-0.39, 0.29) is 29.0 Å². The predicted octanol–water partition coefficient (Wildman–Crippen LogP) is 4.55. The van der Waals surface area contributed by atoms with Gasteiger partial charge in [0.25, 0.3) is 0 Å². The van der Waals surface area contributed by atoms with Crippen LogP contribution < -0.4 is 9.84 Å². The van der Waals surface area contributed by atoms with Crippen LogP contribution in [0.5, 0.6) is 11.6 Å². The molecule has 0 aliphatic carbocycles. The van der Waals surface area contributed by atoms with Gasteiger partial charge in [0.1, 0.15) is 17.1 Å². The fourth-order valence-corrected chi connectivity index (χ4v) is 2.73. The minimum Gasteiger partial charge on any atom is -0.492 e. The molecule has 0 radical (unpaired) electrons. The van der Waals surface area contributed by atoms with Gasteiger partial charge in [0, 0.05) is 6.20 Å². The van der Waals surface area contributed by atoms with Crippen LogP contribution in [0.4, 0.5) is 5.69 Å². The van der Waals surface area contributed by atoms with Crippen molar-refractivity contribution in [3.8, 4) is 23.1 Å². The smallest absolute Gasteiger partial charge is 0.365 e. The Hall–Kier alpha value is -3.29. The van der Waals surface area contributed by atoms with Gasteiger partial charge in [-0.05, 0) is 36.8 Å². The lowest BCUT2D eigenvalue weighted by Crippen LogP contribution is -2.19. The van der Waals surface area contributed by atoms with E-state index in [1.165, 1.54) is 31.2 Å². The summed E-state index contributed by atoms with van der Waals surface area (Å²) in [5, 5.41) is 12.7. The maximum atomic E-state index is 12.5. The monoisotopic (exact) mass is 458 g/mol. The van der Waals surface area contributed by atoms with Crippen molar-refractivity contribution < 1.29 is 23.9 Å². The summed E-state index contributed by atoms with van der Waals surface area (Å²) in [7, 11) is -3.08. The van der Waals surface area contributed by atoms with E-state index >= 15 is 0 Å². The third kappa shape index (κ3) is 7.44. The van der Waals surface area contributed by atoms with Crippen LogP contribution in [0.2, 0.25) is 0 Å². The van der Waals surface area contributed by atoms with Crippen molar-refractivity contribution in [2.24, 2.45) is 0 Å². The molecule has 9 nitrogen and oxygen atoms in total. The number of hydrogen-bond acceptors (Lipinski definition) is 7. The zero-order valence-electron chi connectivity index (χ0n) is 18.1. The van der Waals surface area contributed by atoms with E-state index in [0.29, 0.717) is 11.3 Å². The Kier molecular flexibility index (Phi) is 9.78. The first-order valence-electron chi connectivity index (χ1n) is 10.1. The lowest BCUT2D eigenvalue weighted by Gasteiger charge is -2.13. The molecule has 2 aromatic heterocycles. The number of carbonyl (C=O) groups is 1. The van der Waals surface area contributed by atoms with E-state index in [9.17, 15) is 14.5 Å². The maximum Gasteiger partial charge on any atom is 0.365 e. The summed E-state index contributed by atoms with van der Waals surface area (Å²) in [6.07, 6.45) is 5.54. The van der Waals surface area contributed by atoms with E-state index in [1.54, 1.807) is 43.5 Å². The van der Waals surface area contributed by atoms with Crippen LogP contribution in [0.15, 0.2) is 54.9 Å². The van der Waals surface area contributed by atoms with Gasteiger partial charge in [0.2, 0.25) is 11.8 Å². The first-order chi connectivity index (χ1) is 15.3. The molecule has 3 N–H and O–H groups in total. The van der Waals surface area contributed by atoms with Gasteiger partial charge in [-0.2, -0.15) is 4.98 Å². The highest BCUT2D eigenvalue weighted by molar-refractivity contribution is 7.32. The van der Waals surface area contributed by atoms with E-state index < -0.39 is 14.2 Å². The highest BCUT2D eigenvalue weighted by atomic mass is 31.1. The number of rotatable bonds is 7. The molecular weight excluding hydrogens is 431 g/mol. The summed E-state index contributed by atoms with van der Waals surface area (Å²) in [5.41, 5.74) is 1.24. The molecule has 32 heavy (non-hydrogen) atoms. The minimum atomic E-state index is -3.08. The van der Waals surface area contributed by atoms with Gasteiger partial charge in [0.05, 0.1) is 12.1 Å². The summed E-state index contributed by atoms with van der Waals surface area (Å²) in [5.74, 6) is -0.834. The van der Waals surface area contributed by atoms with Crippen LogP contribution in [0.1, 0.15) is 45.1 Å². The molecule has 0 fully saturated rings. The summed E-state index contributed by atoms with van der Waals surface area (Å²) in [6.45, 7) is 6.04. The fraction of sp³-hybridized carbons (Fsp3) is 0.273. The molecule has 0 bridgehead atoms. The predicted molar refractivity (Wildman–Crippen MR) is 123 cm³/mol. The number of benzene rings is 1. The first kappa shape index (κ1) is 25.0. The molecule has 2 unspecified atom stereocenters. The highest BCUT2D eigenvalue weighted by Crippen LogP contribution is 2.27. The molecule has 0 aliphatic rings. The second kappa shape index (κ2) is 12.5. The van der Waals surface area contributed by atoms with Crippen molar-refractivity contribution >= 4 is 19.8 Å². The van der Waals surface area contributed by atoms with Gasteiger partial charge in [-0.1, -0.05) is 44.9 Å². The van der Waals surface area contributed by atoms with Gasteiger partial charge in [-0.25, -0.2) is 9.55 Å². The Labute approximate surface area is 187 Å². The van der Waals surface area contributed by atoms with Crippen molar-refractivity contribution in [1.29, 1.82) is 0 Å². The molecule has 3 rings (SSSR count). The van der Waals surface area contributed by atoms with E-state index in [2.05, 4.69) is 34.1 Å². The Morgan fingerprint density at radius 1 is 1.12 bits per heavy atom. The lowest BCUT2D eigenvalue weighted by molar-refractivity contribution is -0.117. The number of unbranched alkanes of at least 4 members (excludes halogenated alkanes) is 1. The normalized spacial score (nSPS) is 12.1. The number of pyridine rings is 1. The summed E-state index contributed by atoms with van der Waals surface area (Å²) in [6, 6.07) is 11.5. The lowest BCUT2D eigenvalue weighted by atomic mass is 10.0. The Morgan fingerprint density at radius 2 is 1.81 bits per heavy atom. The molecule has 0 aliphatic heterocycles. The topological polar surface area (TPSA) is 135 Å². The molecular formula is C22H27N4O5P. The molecule has 2 atom stereocenters. The molecule has 3 aromatic rings. The van der Waals surface area contributed by atoms with Crippen LogP contribution in [-0.2, 0) is 9.36 Å². The summed E-state index contributed by atoms with van der Waals surface area (Å²) < 4.78 is 15.4. The quantitative estimate of drug-likeness (QED) is 0.439. The standard InChI is InChI=1S/C18H17N4O5P.C4H10/c1-11(12-5-7-13(8-6-12)27-28(25)26)17(23)21-15-10-20-16(22-18(15)24)14-4-2-3-9-19-14;1-3-4-2/h2-11,28H,1H3,(H,21,23)(H,25,26)(H,20,22,24);3-4H2,1-2H3. The largest absolute Gasteiger partial charge is 0.492 e. The zero-order chi connectivity index (χ0) is 23.5. The highest BCUT2D eigenvalue weighted by Gasteiger charge is 2.18. The van der Waals surface area contributed by atoms with E-state index in [4.69, 9.17) is 9.42 Å². The van der Waals surface area contributed by atoms with Crippen LogP contribution in [0, 0.1) is 0 Å².